The molecule has 2 fully saturated rings. The number of nitriles is 2. The van der Waals surface area contributed by atoms with Crippen molar-refractivity contribution in [1.29, 1.82) is 10.5 Å². The van der Waals surface area contributed by atoms with Crippen LogP contribution in [-0.2, 0) is 4.74 Å². The maximum atomic E-state index is 13.2. The number of aromatic nitrogens is 2. The van der Waals surface area contributed by atoms with Crippen LogP contribution in [0.1, 0.15) is 42.1 Å². The molecule has 1 unspecified atom stereocenters. The summed E-state index contributed by atoms with van der Waals surface area (Å²) < 4.78 is 20.2. The molecule has 2 amide bonds. The van der Waals surface area contributed by atoms with Crippen molar-refractivity contribution in [2.24, 2.45) is 17.1 Å². The molecule has 0 radical (unpaired) electrons. The second-order valence-corrected chi connectivity index (χ2v) is 8.79. The van der Waals surface area contributed by atoms with Crippen LogP contribution in [0.15, 0.2) is 30.5 Å². The molecule has 2 atom stereocenters. The zero-order valence-corrected chi connectivity index (χ0v) is 18.4. The first-order valence-electron chi connectivity index (χ1n) is 10.9. The predicted molar refractivity (Wildman–Crippen MR) is 118 cm³/mol. The minimum absolute atomic E-state index is 0.105. The molecule has 1 saturated heterocycles. The third kappa shape index (κ3) is 4.94. The van der Waals surface area contributed by atoms with E-state index in [9.17, 15) is 19.2 Å². The van der Waals surface area contributed by atoms with Crippen molar-refractivity contribution >= 4 is 23.5 Å². The van der Waals surface area contributed by atoms with Crippen molar-refractivity contribution in [2.75, 3.05) is 25.0 Å². The second kappa shape index (κ2) is 9.40. The molecular formula is C23H24FN7O3. The van der Waals surface area contributed by atoms with E-state index in [1.54, 1.807) is 0 Å². The third-order valence-electron chi connectivity index (χ3n) is 6.36. The second-order valence-electron chi connectivity index (χ2n) is 8.79. The average Bonchev–Trinajstić information content (AvgIpc) is 3.47. The van der Waals surface area contributed by atoms with Crippen molar-refractivity contribution in [3.8, 4) is 12.1 Å². The Bertz CT molecular complexity index is 1160. The number of nitrogens with zero attached hydrogens (tertiary/aromatic N) is 5. The minimum atomic E-state index is -0.719. The SMILES string of the molecule is N#CCC1(COC(=O)N2CC[C@@H](C#N)C(n3cc(C(N)=O)c(Nc4ccc(F)cc4)n3)C2)CC1. The molecule has 0 bridgehead atoms. The topological polar surface area (TPSA) is 150 Å². The molecule has 1 aromatic heterocycles. The number of rotatable bonds is 7. The van der Waals surface area contributed by atoms with E-state index in [1.807, 2.05) is 0 Å². The number of anilines is 2. The molecular weight excluding hydrogens is 441 g/mol. The van der Waals surface area contributed by atoms with E-state index in [-0.39, 0.29) is 29.9 Å². The summed E-state index contributed by atoms with van der Waals surface area (Å²) in [6.45, 7) is 0.711. The third-order valence-corrected chi connectivity index (χ3v) is 6.36. The summed E-state index contributed by atoms with van der Waals surface area (Å²) in [5, 5.41) is 26.0. The van der Waals surface area contributed by atoms with Crippen LogP contribution in [-0.4, -0.2) is 46.4 Å². The molecule has 1 aliphatic carbocycles. The molecule has 176 valence electrons. The van der Waals surface area contributed by atoms with Gasteiger partial charge in [0.05, 0.1) is 30.7 Å². The van der Waals surface area contributed by atoms with E-state index in [0.717, 1.165) is 12.8 Å². The number of benzene rings is 1. The Morgan fingerprint density at radius 3 is 2.65 bits per heavy atom. The number of carbonyl (C=O) groups excluding carboxylic acids is 2. The van der Waals surface area contributed by atoms with E-state index >= 15 is 0 Å². The fourth-order valence-electron chi connectivity index (χ4n) is 4.04. The first-order valence-corrected chi connectivity index (χ1v) is 10.9. The van der Waals surface area contributed by atoms with E-state index in [1.165, 1.54) is 40.0 Å². The molecule has 34 heavy (non-hydrogen) atoms. The van der Waals surface area contributed by atoms with Crippen molar-refractivity contribution in [3.63, 3.8) is 0 Å². The van der Waals surface area contributed by atoms with Crippen molar-refractivity contribution in [3.05, 3.63) is 41.8 Å². The first kappa shape index (κ1) is 23.1. The normalized spacial score (nSPS) is 20.6. The van der Waals surface area contributed by atoms with Crippen LogP contribution < -0.4 is 11.1 Å². The first-order chi connectivity index (χ1) is 16.3. The number of nitrogens with one attached hydrogen (secondary N) is 1. The Kier molecular flexibility index (Phi) is 6.37. The number of carbonyl (C=O) groups is 2. The maximum Gasteiger partial charge on any atom is 0.409 e. The molecule has 1 aromatic carbocycles. The van der Waals surface area contributed by atoms with E-state index < -0.39 is 29.8 Å². The van der Waals surface area contributed by atoms with Gasteiger partial charge in [-0.3, -0.25) is 9.48 Å². The van der Waals surface area contributed by atoms with Crippen molar-refractivity contribution in [1.82, 2.24) is 14.7 Å². The predicted octanol–water partition coefficient (Wildman–Crippen LogP) is 3.08. The molecule has 0 spiro atoms. The van der Waals surface area contributed by atoms with Gasteiger partial charge in [0.25, 0.3) is 5.91 Å². The number of hydrogen-bond donors (Lipinski definition) is 2. The maximum absolute atomic E-state index is 13.2. The minimum Gasteiger partial charge on any atom is -0.449 e. The van der Waals surface area contributed by atoms with Gasteiger partial charge >= 0.3 is 6.09 Å². The number of primary amides is 1. The van der Waals surface area contributed by atoms with Gasteiger partial charge in [-0.2, -0.15) is 15.6 Å². The molecule has 1 aliphatic heterocycles. The summed E-state index contributed by atoms with van der Waals surface area (Å²) in [6.07, 6.45) is 3.43. The molecule has 10 nitrogen and oxygen atoms in total. The van der Waals surface area contributed by atoms with E-state index in [4.69, 9.17) is 15.7 Å². The number of hydrogen-bond acceptors (Lipinski definition) is 7. The lowest BCUT2D eigenvalue weighted by Crippen LogP contribution is -2.45. The lowest BCUT2D eigenvalue weighted by atomic mass is 9.93. The highest BCUT2D eigenvalue weighted by atomic mass is 19.1. The van der Waals surface area contributed by atoms with Gasteiger partial charge in [-0.05, 0) is 43.5 Å². The number of nitrogens with two attached hydrogens (primary N) is 1. The van der Waals surface area contributed by atoms with Gasteiger partial charge in [0.15, 0.2) is 5.82 Å². The van der Waals surface area contributed by atoms with Crippen LogP contribution in [0, 0.1) is 39.8 Å². The number of halogens is 1. The highest BCUT2D eigenvalue weighted by Gasteiger charge is 2.44. The molecule has 2 heterocycles. The summed E-state index contributed by atoms with van der Waals surface area (Å²) >= 11 is 0. The lowest BCUT2D eigenvalue weighted by Gasteiger charge is -2.35. The summed E-state index contributed by atoms with van der Waals surface area (Å²) in [7, 11) is 0. The van der Waals surface area contributed by atoms with Gasteiger partial charge in [-0.25, -0.2) is 9.18 Å². The smallest absolute Gasteiger partial charge is 0.409 e. The number of likely N-dealkylation sites (tertiary alicyclic amines) is 1. The molecule has 2 aliphatic rings. The molecule has 11 heteroatoms. The Morgan fingerprint density at radius 2 is 2.03 bits per heavy atom. The summed E-state index contributed by atoms with van der Waals surface area (Å²) in [5.41, 5.74) is 5.91. The van der Waals surface area contributed by atoms with Gasteiger partial charge in [0, 0.05) is 36.8 Å². The van der Waals surface area contributed by atoms with Crippen molar-refractivity contribution in [2.45, 2.75) is 31.7 Å². The fourth-order valence-corrected chi connectivity index (χ4v) is 4.04. The number of ether oxygens (including phenoxy) is 1. The van der Waals surface area contributed by atoms with Crippen LogP contribution in [0.4, 0.5) is 20.7 Å². The standard InChI is InChI=1S/C23H24FN7O3/c24-16-1-3-17(4-2-16)28-21-18(20(27)32)12-31(29-21)19-13-30(10-5-15(19)11-26)22(33)34-14-23(6-7-23)8-9-25/h1-4,12,15,19H,5-8,10,13-14H2,(H2,27,32)(H,28,29)/t15-,19?/m0/s1. The van der Waals surface area contributed by atoms with E-state index in [2.05, 4.69) is 22.6 Å². The zero-order valence-electron chi connectivity index (χ0n) is 18.4. The van der Waals surface area contributed by atoms with Crippen LogP contribution in [0.25, 0.3) is 0 Å². The van der Waals surface area contributed by atoms with Crippen LogP contribution in [0.3, 0.4) is 0 Å². The lowest BCUT2D eigenvalue weighted by molar-refractivity contribution is 0.0624. The van der Waals surface area contributed by atoms with E-state index in [0.29, 0.717) is 25.1 Å². The summed E-state index contributed by atoms with van der Waals surface area (Å²) in [5.74, 6) is -1.40. The number of piperidine rings is 1. The summed E-state index contributed by atoms with van der Waals surface area (Å²) in [4.78, 5) is 26.2. The Balaban J connectivity index is 1.51. The Morgan fingerprint density at radius 1 is 1.29 bits per heavy atom. The number of amides is 2. The molecule has 2 aromatic rings. The highest BCUT2D eigenvalue weighted by molar-refractivity contribution is 5.98. The zero-order chi connectivity index (χ0) is 24.3. The monoisotopic (exact) mass is 465 g/mol. The molecule has 4 rings (SSSR count). The van der Waals surface area contributed by atoms with Crippen LogP contribution in [0.2, 0.25) is 0 Å². The van der Waals surface area contributed by atoms with Gasteiger partial charge < -0.3 is 20.7 Å². The highest BCUT2D eigenvalue weighted by Crippen LogP contribution is 2.48. The quantitative estimate of drug-likeness (QED) is 0.638. The largest absolute Gasteiger partial charge is 0.449 e. The van der Waals surface area contributed by atoms with Gasteiger partial charge in [0.1, 0.15) is 11.4 Å². The molecule has 3 N–H and O–H groups in total. The Hall–Kier alpha value is -4.12. The van der Waals surface area contributed by atoms with Gasteiger partial charge in [0.2, 0.25) is 0 Å². The fraction of sp³-hybridized carbons (Fsp3) is 0.435. The van der Waals surface area contributed by atoms with Crippen molar-refractivity contribution < 1.29 is 18.7 Å². The molecule has 1 saturated carbocycles. The summed E-state index contributed by atoms with van der Waals surface area (Å²) in [6, 6.07) is 9.39. The van der Waals surface area contributed by atoms with Crippen LogP contribution in [0.5, 0.6) is 0 Å². The van der Waals surface area contributed by atoms with Crippen LogP contribution >= 0.6 is 0 Å². The van der Waals surface area contributed by atoms with Gasteiger partial charge in [-0.15, -0.1) is 0 Å². The van der Waals surface area contributed by atoms with Gasteiger partial charge in [-0.1, -0.05) is 0 Å². The average molecular weight is 465 g/mol. The Labute approximate surface area is 195 Å².